The third-order valence-corrected chi connectivity index (χ3v) is 3.88. The predicted molar refractivity (Wildman–Crippen MR) is 96.7 cm³/mol. The SMILES string of the molecule is Cc1cc(Br)ccc1NC(=O)[C@H](C)NC(=O)OCc1ccccc1. The number of hydrogen-bond acceptors (Lipinski definition) is 3. The van der Waals surface area contributed by atoms with Gasteiger partial charge in [-0.3, -0.25) is 4.79 Å². The van der Waals surface area contributed by atoms with Crippen molar-refractivity contribution in [2.45, 2.75) is 26.5 Å². The summed E-state index contributed by atoms with van der Waals surface area (Å²) < 4.78 is 6.04. The molecule has 0 aliphatic rings. The lowest BCUT2D eigenvalue weighted by atomic mass is 10.2. The van der Waals surface area contributed by atoms with Gasteiger partial charge >= 0.3 is 6.09 Å². The van der Waals surface area contributed by atoms with Crippen molar-refractivity contribution >= 4 is 33.6 Å². The van der Waals surface area contributed by atoms with Crippen molar-refractivity contribution in [2.75, 3.05) is 5.32 Å². The van der Waals surface area contributed by atoms with Crippen LogP contribution in [0.2, 0.25) is 0 Å². The highest BCUT2D eigenvalue weighted by molar-refractivity contribution is 9.10. The Kier molecular flexibility index (Phi) is 6.37. The van der Waals surface area contributed by atoms with Gasteiger partial charge < -0.3 is 15.4 Å². The lowest BCUT2D eigenvalue weighted by Gasteiger charge is -2.15. The third-order valence-electron chi connectivity index (χ3n) is 3.39. The van der Waals surface area contributed by atoms with Gasteiger partial charge in [-0.25, -0.2) is 4.79 Å². The van der Waals surface area contributed by atoms with E-state index < -0.39 is 12.1 Å². The summed E-state index contributed by atoms with van der Waals surface area (Å²) in [4.78, 5) is 23.9. The molecule has 2 aromatic rings. The number of carbonyl (C=O) groups excluding carboxylic acids is 2. The Balaban J connectivity index is 1.83. The summed E-state index contributed by atoms with van der Waals surface area (Å²) in [5, 5.41) is 5.30. The van der Waals surface area contributed by atoms with E-state index in [1.807, 2.05) is 49.4 Å². The number of aryl methyl sites for hydroxylation is 1. The van der Waals surface area contributed by atoms with Gasteiger partial charge in [-0.05, 0) is 43.2 Å². The molecule has 0 saturated heterocycles. The maximum Gasteiger partial charge on any atom is 0.408 e. The molecule has 0 aliphatic heterocycles. The molecule has 0 aromatic heterocycles. The molecular weight excluding hydrogens is 372 g/mol. The van der Waals surface area contributed by atoms with Crippen LogP contribution in [0.15, 0.2) is 53.0 Å². The van der Waals surface area contributed by atoms with Gasteiger partial charge in [0, 0.05) is 10.2 Å². The van der Waals surface area contributed by atoms with Crippen LogP contribution in [0.3, 0.4) is 0 Å². The van der Waals surface area contributed by atoms with E-state index in [-0.39, 0.29) is 12.5 Å². The Hall–Kier alpha value is -2.34. The number of anilines is 1. The molecule has 6 heteroatoms. The molecule has 1 atom stereocenters. The standard InChI is InChI=1S/C18H19BrN2O3/c1-12-10-15(19)8-9-16(12)21-17(22)13(2)20-18(23)24-11-14-6-4-3-5-7-14/h3-10,13H,11H2,1-2H3,(H,20,23)(H,21,22)/t13-/m0/s1. The first-order valence-electron chi connectivity index (χ1n) is 7.50. The molecule has 2 rings (SSSR count). The van der Waals surface area contributed by atoms with Crippen LogP contribution in [0.1, 0.15) is 18.1 Å². The molecule has 126 valence electrons. The van der Waals surface area contributed by atoms with Gasteiger partial charge in [0.15, 0.2) is 0 Å². The maximum absolute atomic E-state index is 12.2. The van der Waals surface area contributed by atoms with Crippen LogP contribution in [0, 0.1) is 6.92 Å². The van der Waals surface area contributed by atoms with Crippen LogP contribution < -0.4 is 10.6 Å². The lowest BCUT2D eigenvalue weighted by Crippen LogP contribution is -2.41. The van der Waals surface area contributed by atoms with Crippen molar-refractivity contribution in [2.24, 2.45) is 0 Å². The fraction of sp³-hybridized carbons (Fsp3) is 0.222. The summed E-state index contributed by atoms with van der Waals surface area (Å²) in [6.07, 6.45) is -0.631. The van der Waals surface area contributed by atoms with Gasteiger partial charge in [0.2, 0.25) is 5.91 Å². The van der Waals surface area contributed by atoms with Crippen molar-refractivity contribution in [3.63, 3.8) is 0 Å². The van der Waals surface area contributed by atoms with Gasteiger partial charge in [0.25, 0.3) is 0 Å². The normalized spacial score (nSPS) is 11.5. The van der Waals surface area contributed by atoms with Gasteiger partial charge in [-0.2, -0.15) is 0 Å². The number of carbonyl (C=O) groups is 2. The molecule has 0 heterocycles. The van der Waals surface area contributed by atoms with Gasteiger partial charge in [-0.15, -0.1) is 0 Å². The fourth-order valence-corrected chi connectivity index (χ4v) is 2.49. The molecule has 5 nitrogen and oxygen atoms in total. The second kappa shape index (κ2) is 8.49. The fourth-order valence-electron chi connectivity index (χ4n) is 2.02. The van der Waals surface area contributed by atoms with Crippen molar-refractivity contribution in [1.29, 1.82) is 0 Å². The molecule has 0 spiro atoms. The van der Waals surface area contributed by atoms with Crippen molar-refractivity contribution in [3.05, 3.63) is 64.1 Å². The van der Waals surface area contributed by atoms with E-state index in [0.29, 0.717) is 5.69 Å². The Labute approximate surface area is 149 Å². The first kappa shape index (κ1) is 18.0. The largest absolute Gasteiger partial charge is 0.445 e. The lowest BCUT2D eigenvalue weighted by molar-refractivity contribution is -0.117. The summed E-state index contributed by atoms with van der Waals surface area (Å²) in [7, 11) is 0. The summed E-state index contributed by atoms with van der Waals surface area (Å²) in [6, 6.07) is 14.2. The smallest absolute Gasteiger partial charge is 0.408 e. The zero-order valence-electron chi connectivity index (χ0n) is 13.5. The van der Waals surface area contributed by atoms with Gasteiger partial charge in [-0.1, -0.05) is 46.3 Å². The molecule has 2 N–H and O–H groups in total. The number of amides is 2. The summed E-state index contributed by atoms with van der Waals surface area (Å²) in [5.74, 6) is -0.308. The van der Waals surface area contributed by atoms with Crippen LogP contribution in [0.25, 0.3) is 0 Å². The third kappa shape index (κ3) is 5.38. The second-order valence-electron chi connectivity index (χ2n) is 5.38. The molecule has 0 aliphatic carbocycles. The Morgan fingerprint density at radius 2 is 1.88 bits per heavy atom. The Morgan fingerprint density at radius 3 is 2.54 bits per heavy atom. The summed E-state index contributed by atoms with van der Waals surface area (Å²) in [6.45, 7) is 3.66. The Bertz CT molecular complexity index is 719. The predicted octanol–water partition coefficient (Wildman–Crippen LogP) is 4.01. The highest BCUT2D eigenvalue weighted by atomic mass is 79.9. The van der Waals surface area contributed by atoms with E-state index in [2.05, 4.69) is 26.6 Å². The number of ether oxygens (including phenoxy) is 1. The molecule has 0 saturated carbocycles. The van der Waals surface area contributed by atoms with Crippen molar-refractivity contribution < 1.29 is 14.3 Å². The van der Waals surface area contributed by atoms with Gasteiger partial charge in [0.05, 0.1) is 0 Å². The van der Waals surface area contributed by atoms with E-state index in [1.54, 1.807) is 13.0 Å². The second-order valence-corrected chi connectivity index (χ2v) is 6.29. The average Bonchev–Trinajstić information content (AvgIpc) is 2.56. The topological polar surface area (TPSA) is 67.4 Å². The minimum Gasteiger partial charge on any atom is -0.445 e. The zero-order valence-corrected chi connectivity index (χ0v) is 15.1. The molecule has 0 unspecified atom stereocenters. The van der Waals surface area contributed by atoms with E-state index in [4.69, 9.17) is 4.74 Å². The minimum atomic E-state index is -0.712. The Morgan fingerprint density at radius 1 is 1.17 bits per heavy atom. The highest BCUT2D eigenvalue weighted by Gasteiger charge is 2.17. The number of benzene rings is 2. The van der Waals surface area contributed by atoms with Crippen LogP contribution in [0.5, 0.6) is 0 Å². The average molecular weight is 391 g/mol. The molecule has 0 radical (unpaired) electrons. The molecule has 2 aromatic carbocycles. The van der Waals surface area contributed by atoms with Crippen LogP contribution in [0.4, 0.5) is 10.5 Å². The molecule has 0 bridgehead atoms. The van der Waals surface area contributed by atoms with E-state index in [9.17, 15) is 9.59 Å². The van der Waals surface area contributed by atoms with E-state index >= 15 is 0 Å². The number of rotatable bonds is 5. The van der Waals surface area contributed by atoms with E-state index in [0.717, 1.165) is 15.6 Å². The molecule has 0 fully saturated rings. The number of nitrogens with one attached hydrogen (secondary N) is 2. The number of hydrogen-bond donors (Lipinski definition) is 2. The van der Waals surface area contributed by atoms with E-state index in [1.165, 1.54) is 0 Å². The van der Waals surface area contributed by atoms with Crippen LogP contribution in [-0.2, 0) is 16.1 Å². The quantitative estimate of drug-likeness (QED) is 0.810. The first-order chi connectivity index (χ1) is 11.5. The molecule has 24 heavy (non-hydrogen) atoms. The highest BCUT2D eigenvalue weighted by Crippen LogP contribution is 2.20. The first-order valence-corrected chi connectivity index (χ1v) is 8.29. The molecular formula is C18H19BrN2O3. The summed E-state index contributed by atoms with van der Waals surface area (Å²) in [5.41, 5.74) is 2.52. The van der Waals surface area contributed by atoms with Crippen LogP contribution in [-0.4, -0.2) is 18.0 Å². The zero-order chi connectivity index (χ0) is 17.5. The number of alkyl carbamates (subject to hydrolysis) is 1. The molecule has 2 amide bonds. The van der Waals surface area contributed by atoms with Crippen molar-refractivity contribution in [1.82, 2.24) is 5.32 Å². The maximum atomic E-state index is 12.2. The van der Waals surface area contributed by atoms with Gasteiger partial charge in [0.1, 0.15) is 12.6 Å². The van der Waals surface area contributed by atoms with Crippen LogP contribution >= 0.6 is 15.9 Å². The summed E-state index contributed by atoms with van der Waals surface area (Å²) >= 11 is 3.37. The minimum absolute atomic E-state index is 0.160. The monoisotopic (exact) mass is 390 g/mol. The van der Waals surface area contributed by atoms with Crippen molar-refractivity contribution in [3.8, 4) is 0 Å². The number of halogens is 1.